The van der Waals surface area contributed by atoms with Gasteiger partial charge in [-0.05, 0) is 39.5 Å². The van der Waals surface area contributed by atoms with E-state index in [9.17, 15) is 8.42 Å². The van der Waals surface area contributed by atoms with Crippen LogP contribution in [0.4, 0.5) is 5.13 Å². The Kier molecular flexibility index (Phi) is 4.44. The molecule has 0 radical (unpaired) electrons. The molecule has 0 spiro atoms. The van der Waals surface area contributed by atoms with Crippen LogP contribution < -0.4 is 5.32 Å². The molecule has 3 heterocycles. The summed E-state index contributed by atoms with van der Waals surface area (Å²) < 4.78 is 33.3. The Morgan fingerprint density at radius 3 is 2.68 bits per heavy atom. The first kappa shape index (κ1) is 16.1. The lowest BCUT2D eigenvalue weighted by Gasteiger charge is -2.35. The first-order valence-electron chi connectivity index (χ1n) is 7.77. The number of nitrogens with zero attached hydrogens (tertiary/aromatic N) is 2. The maximum absolute atomic E-state index is 12.0. The number of aromatic nitrogens is 2. The summed E-state index contributed by atoms with van der Waals surface area (Å²) in [6, 6.07) is 0.147. The van der Waals surface area contributed by atoms with Crippen LogP contribution in [0.1, 0.15) is 51.3 Å². The predicted molar refractivity (Wildman–Crippen MR) is 87.2 cm³/mol. The molecule has 2 aliphatic rings. The van der Waals surface area contributed by atoms with Crippen molar-refractivity contribution in [1.29, 1.82) is 0 Å². The van der Waals surface area contributed by atoms with E-state index in [1.807, 2.05) is 13.8 Å². The topological polar surface area (TPSA) is 81.2 Å². The first-order valence-corrected chi connectivity index (χ1v) is 10.2. The monoisotopic (exact) mass is 345 g/mol. The van der Waals surface area contributed by atoms with Gasteiger partial charge >= 0.3 is 0 Å². The highest BCUT2D eigenvalue weighted by Gasteiger charge is 2.41. The third-order valence-electron chi connectivity index (χ3n) is 4.67. The molecular formula is C14H23N3O3S2. The highest BCUT2D eigenvalue weighted by molar-refractivity contribution is 7.92. The van der Waals surface area contributed by atoms with Gasteiger partial charge in [0.25, 0.3) is 0 Å². The standard InChI is InChI=1S/C14H23N3O3S2/c1-14(2)9-11(5-8-22(14,18)19)15-13-16-12(17-21-13)10-3-6-20-7-4-10/h10-11H,3-9H2,1-2H3,(H,15,16,17). The van der Waals surface area contributed by atoms with E-state index in [0.29, 0.717) is 18.8 Å². The molecule has 124 valence electrons. The molecule has 1 unspecified atom stereocenters. The van der Waals surface area contributed by atoms with Crippen LogP contribution in [0, 0.1) is 0 Å². The number of ether oxygens (including phenoxy) is 1. The summed E-state index contributed by atoms with van der Waals surface area (Å²) >= 11 is 1.37. The van der Waals surface area contributed by atoms with Gasteiger partial charge in [-0.15, -0.1) is 0 Å². The highest BCUT2D eigenvalue weighted by Crippen LogP contribution is 2.33. The van der Waals surface area contributed by atoms with Crippen molar-refractivity contribution in [2.24, 2.45) is 0 Å². The van der Waals surface area contributed by atoms with Crippen molar-refractivity contribution < 1.29 is 13.2 Å². The van der Waals surface area contributed by atoms with Crippen molar-refractivity contribution >= 4 is 26.5 Å². The number of rotatable bonds is 3. The Labute approximate surface area is 135 Å². The molecule has 22 heavy (non-hydrogen) atoms. The summed E-state index contributed by atoms with van der Waals surface area (Å²) in [6.45, 7) is 5.18. The van der Waals surface area contributed by atoms with E-state index in [1.165, 1.54) is 11.5 Å². The fraction of sp³-hybridized carbons (Fsp3) is 0.857. The largest absolute Gasteiger partial charge is 0.381 e. The Bertz CT molecular complexity index is 621. The quantitative estimate of drug-likeness (QED) is 0.904. The van der Waals surface area contributed by atoms with Gasteiger partial charge in [0.1, 0.15) is 5.82 Å². The summed E-state index contributed by atoms with van der Waals surface area (Å²) in [5, 5.41) is 4.19. The van der Waals surface area contributed by atoms with Gasteiger partial charge in [-0.25, -0.2) is 13.4 Å². The predicted octanol–water partition coefficient (Wildman–Crippen LogP) is 2.20. The zero-order valence-corrected chi connectivity index (χ0v) is 14.7. The second-order valence-electron chi connectivity index (χ2n) is 6.76. The average molecular weight is 345 g/mol. The molecule has 0 bridgehead atoms. The van der Waals surface area contributed by atoms with Crippen LogP contribution in [0.3, 0.4) is 0 Å². The van der Waals surface area contributed by atoms with Crippen molar-refractivity contribution in [1.82, 2.24) is 9.36 Å². The molecule has 2 fully saturated rings. The van der Waals surface area contributed by atoms with Crippen LogP contribution >= 0.6 is 11.5 Å². The van der Waals surface area contributed by atoms with Crippen molar-refractivity contribution in [3.63, 3.8) is 0 Å². The zero-order valence-electron chi connectivity index (χ0n) is 13.0. The van der Waals surface area contributed by atoms with E-state index < -0.39 is 14.6 Å². The van der Waals surface area contributed by atoms with E-state index in [4.69, 9.17) is 4.74 Å². The van der Waals surface area contributed by atoms with Crippen molar-refractivity contribution in [2.75, 3.05) is 24.3 Å². The molecule has 1 aromatic heterocycles. The summed E-state index contributed by atoms with van der Waals surface area (Å²) in [4.78, 5) is 4.60. The molecule has 0 saturated carbocycles. The highest BCUT2D eigenvalue weighted by atomic mass is 32.2. The molecule has 6 nitrogen and oxygen atoms in total. The van der Waals surface area contributed by atoms with Crippen LogP contribution in [0.2, 0.25) is 0 Å². The summed E-state index contributed by atoms with van der Waals surface area (Å²) in [7, 11) is -2.98. The third kappa shape index (κ3) is 3.28. The normalized spacial score (nSPS) is 28.4. The molecule has 0 amide bonds. The van der Waals surface area contributed by atoms with Crippen LogP contribution in [0.5, 0.6) is 0 Å². The number of hydrogen-bond donors (Lipinski definition) is 1. The molecule has 1 N–H and O–H groups in total. The summed E-state index contributed by atoms with van der Waals surface area (Å²) in [6.07, 6.45) is 3.20. The fourth-order valence-electron chi connectivity index (χ4n) is 3.11. The van der Waals surface area contributed by atoms with Gasteiger partial charge in [0.05, 0.1) is 10.5 Å². The molecule has 3 rings (SSSR count). The molecule has 8 heteroatoms. The molecule has 0 aliphatic carbocycles. The van der Waals surface area contributed by atoms with Gasteiger partial charge in [0.15, 0.2) is 9.84 Å². The molecule has 1 atom stereocenters. The summed E-state index contributed by atoms with van der Waals surface area (Å²) in [5.74, 6) is 1.53. The second kappa shape index (κ2) is 6.05. The third-order valence-corrected chi connectivity index (χ3v) is 7.95. The second-order valence-corrected chi connectivity index (χ2v) is 10.3. The number of nitrogens with one attached hydrogen (secondary N) is 1. The molecule has 0 aromatic carbocycles. The number of anilines is 1. The van der Waals surface area contributed by atoms with Crippen molar-refractivity contribution in [2.45, 2.75) is 56.2 Å². The lowest BCUT2D eigenvalue weighted by Crippen LogP contribution is -2.45. The Hall–Kier alpha value is -0.730. The van der Waals surface area contributed by atoms with Gasteiger partial charge in [-0.2, -0.15) is 4.37 Å². The summed E-state index contributed by atoms with van der Waals surface area (Å²) in [5.41, 5.74) is 0. The average Bonchev–Trinajstić information content (AvgIpc) is 2.93. The Morgan fingerprint density at radius 2 is 2.00 bits per heavy atom. The van der Waals surface area contributed by atoms with E-state index in [2.05, 4.69) is 14.7 Å². The maximum atomic E-state index is 12.0. The van der Waals surface area contributed by atoms with Gasteiger partial charge in [0, 0.05) is 36.7 Å². The van der Waals surface area contributed by atoms with E-state index in [1.54, 1.807) is 0 Å². The van der Waals surface area contributed by atoms with Crippen molar-refractivity contribution in [3.05, 3.63) is 5.82 Å². The molecule has 2 aliphatic heterocycles. The van der Waals surface area contributed by atoms with Crippen LogP contribution in [-0.2, 0) is 14.6 Å². The van der Waals surface area contributed by atoms with Gasteiger partial charge in [-0.1, -0.05) is 0 Å². The van der Waals surface area contributed by atoms with Crippen LogP contribution in [0.15, 0.2) is 0 Å². The minimum atomic E-state index is -2.98. The van der Waals surface area contributed by atoms with E-state index >= 15 is 0 Å². The van der Waals surface area contributed by atoms with Crippen molar-refractivity contribution in [3.8, 4) is 0 Å². The van der Waals surface area contributed by atoms with Gasteiger partial charge in [-0.3, -0.25) is 0 Å². The van der Waals surface area contributed by atoms with E-state index in [-0.39, 0.29) is 11.8 Å². The van der Waals surface area contributed by atoms with Crippen LogP contribution in [0.25, 0.3) is 0 Å². The molecular weight excluding hydrogens is 322 g/mol. The SMILES string of the molecule is CC1(C)CC(Nc2nc(C3CCOCC3)ns2)CCS1(=O)=O. The molecule has 2 saturated heterocycles. The van der Waals surface area contributed by atoms with Gasteiger partial charge < -0.3 is 10.1 Å². The van der Waals surface area contributed by atoms with Crippen LogP contribution in [-0.4, -0.2) is 47.5 Å². The fourth-order valence-corrected chi connectivity index (χ4v) is 5.44. The minimum absolute atomic E-state index is 0.147. The maximum Gasteiger partial charge on any atom is 0.202 e. The number of hydrogen-bond acceptors (Lipinski definition) is 7. The zero-order chi connectivity index (χ0) is 15.8. The Morgan fingerprint density at radius 1 is 1.27 bits per heavy atom. The number of sulfone groups is 1. The minimum Gasteiger partial charge on any atom is -0.381 e. The Balaban J connectivity index is 1.63. The smallest absolute Gasteiger partial charge is 0.202 e. The van der Waals surface area contributed by atoms with Gasteiger partial charge in [0.2, 0.25) is 5.13 Å². The lowest BCUT2D eigenvalue weighted by atomic mass is 10.00. The first-order chi connectivity index (χ1) is 10.4. The molecule has 1 aromatic rings. The van der Waals surface area contributed by atoms with E-state index in [0.717, 1.165) is 37.0 Å². The lowest BCUT2D eigenvalue weighted by molar-refractivity contribution is 0.0838.